The van der Waals surface area contributed by atoms with Gasteiger partial charge in [0.2, 0.25) is 5.95 Å². The smallest absolute Gasteiger partial charge is 0.223 e. The Bertz CT molecular complexity index is 630. The van der Waals surface area contributed by atoms with Crippen LogP contribution < -0.4 is 10.6 Å². The van der Waals surface area contributed by atoms with E-state index in [-0.39, 0.29) is 0 Å². The fourth-order valence-corrected chi connectivity index (χ4v) is 2.34. The molecule has 0 aromatic carbocycles. The molecule has 2 rings (SSSR count). The van der Waals surface area contributed by atoms with Gasteiger partial charge >= 0.3 is 0 Å². The maximum Gasteiger partial charge on any atom is 0.223 e. The minimum absolute atomic E-state index is 0.644. The van der Waals surface area contributed by atoms with E-state index < -0.39 is 0 Å². The van der Waals surface area contributed by atoms with Gasteiger partial charge < -0.3 is 10.6 Å². The van der Waals surface area contributed by atoms with Gasteiger partial charge in [0.05, 0.1) is 6.20 Å². The highest BCUT2D eigenvalue weighted by atomic mass is 15.1. The predicted octanol–water partition coefficient (Wildman–Crippen LogP) is 4.12. The van der Waals surface area contributed by atoms with Crippen LogP contribution in [-0.4, -0.2) is 33.0 Å². The zero-order valence-corrected chi connectivity index (χ0v) is 15.3. The molecular formula is C18H30N6. The zero-order chi connectivity index (χ0) is 17.4. The quantitative estimate of drug-likeness (QED) is 0.682. The summed E-state index contributed by atoms with van der Waals surface area (Å²) in [6, 6.07) is 0. The van der Waals surface area contributed by atoms with E-state index >= 15 is 0 Å². The van der Waals surface area contributed by atoms with Gasteiger partial charge in [0.25, 0.3) is 0 Å². The molecule has 0 bridgehead atoms. The number of hydrogen-bond acceptors (Lipinski definition) is 6. The molecule has 2 aromatic rings. The third-order valence-corrected chi connectivity index (χ3v) is 4.62. The Balaban J connectivity index is 2.04. The first-order valence-electron chi connectivity index (χ1n) is 9.09. The van der Waals surface area contributed by atoms with Gasteiger partial charge in [0.15, 0.2) is 5.82 Å². The normalized spacial score (nSPS) is 13.7. The Labute approximate surface area is 144 Å². The topological polar surface area (TPSA) is 75.6 Å². The van der Waals surface area contributed by atoms with Crippen LogP contribution in [0.4, 0.5) is 11.8 Å². The minimum atomic E-state index is 0.644. The van der Waals surface area contributed by atoms with E-state index in [2.05, 4.69) is 58.3 Å². The van der Waals surface area contributed by atoms with E-state index in [9.17, 15) is 0 Å². The van der Waals surface area contributed by atoms with E-state index in [4.69, 9.17) is 0 Å². The molecule has 0 amide bonds. The van der Waals surface area contributed by atoms with Crippen molar-refractivity contribution in [2.24, 2.45) is 11.8 Å². The number of fused-ring (bicyclic) bond motifs is 1. The maximum atomic E-state index is 4.61. The number of hydrogen-bond donors (Lipinski definition) is 2. The largest absolute Gasteiger partial charge is 0.368 e. The summed E-state index contributed by atoms with van der Waals surface area (Å²) in [6.07, 6.45) is 7.94. The van der Waals surface area contributed by atoms with Gasteiger partial charge in [-0.25, -0.2) is 19.9 Å². The summed E-state index contributed by atoms with van der Waals surface area (Å²) in [4.78, 5) is 17.6. The third kappa shape index (κ3) is 5.28. The average molecular weight is 330 g/mol. The fraction of sp³-hybridized carbons (Fsp3) is 0.667. The number of rotatable bonds is 10. The van der Waals surface area contributed by atoms with Crippen LogP contribution in [0.3, 0.4) is 0 Å². The Kier molecular flexibility index (Phi) is 7.15. The van der Waals surface area contributed by atoms with Crippen LogP contribution in [-0.2, 0) is 0 Å². The van der Waals surface area contributed by atoms with Gasteiger partial charge in [-0.3, -0.25) is 0 Å². The van der Waals surface area contributed by atoms with Crippen LogP contribution in [0.2, 0.25) is 0 Å². The molecule has 2 heterocycles. The first-order chi connectivity index (χ1) is 11.6. The van der Waals surface area contributed by atoms with Crippen molar-refractivity contribution in [3.63, 3.8) is 0 Å². The van der Waals surface area contributed by atoms with Gasteiger partial charge in [-0.2, -0.15) is 0 Å². The summed E-state index contributed by atoms with van der Waals surface area (Å²) in [6.45, 7) is 10.7. The number of aromatic nitrogens is 4. The lowest BCUT2D eigenvalue weighted by Gasteiger charge is -2.12. The molecule has 0 saturated carbocycles. The van der Waals surface area contributed by atoms with Gasteiger partial charge in [-0.05, 0) is 24.7 Å². The SMILES string of the molecule is CCC(C)CCNc1ncc2ncnc(NCCC(C)CC)c2n1. The Morgan fingerprint density at radius 2 is 1.58 bits per heavy atom. The molecule has 0 aliphatic heterocycles. The third-order valence-electron chi connectivity index (χ3n) is 4.62. The summed E-state index contributed by atoms with van der Waals surface area (Å²) in [5, 5.41) is 6.70. The highest BCUT2D eigenvalue weighted by molar-refractivity contribution is 5.84. The molecule has 6 heteroatoms. The lowest BCUT2D eigenvalue weighted by molar-refractivity contribution is 0.531. The van der Waals surface area contributed by atoms with Crippen LogP contribution >= 0.6 is 0 Å². The van der Waals surface area contributed by atoms with E-state index in [0.29, 0.717) is 17.8 Å². The second kappa shape index (κ2) is 9.35. The monoisotopic (exact) mass is 330 g/mol. The van der Waals surface area contributed by atoms with Gasteiger partial charge in [0, 0.05) is 13.1 Å². The molecule has 0 radical (unpaired) electrons. The molecule has 0 fully saturated rings. The molecule has 132 valence electrons. The molecule has 2 atom stereocenters. The highest BCUT2D eigenvalue weighted by Gasteiger charge is 2.08. The summed E-state index contributed by atoms with van der Waals surface area (Å²) < 4.78 is 0. The molecule has 0 saturated heterocycles. The van der Waals surface area contributed by atoms with Gasteiger partial charge in [-0.15, -0.1) is 0 Å². The Morgan fingerprint density at radius 1 is 0.917 bits per heavy atom. The van der Waals surface area contributed by atoms with Crippen molar-refractivity contribution in [3.05, 3.63) is 12.5 Å². The number of nitrogens with one attached hydrogen (secondary N) is 2. The van der Waals surface area contributed by atoms with E-state index in [1.807, 2.05) is 0 Å². The van der Waals surface area contributed by atoms with Crippen molar-refractivity contribution >= 4 is 22.8 Å². The number of nitrogens with zero attached hydrogens (tertiary/aromatic N) is 4. The van der Waals surface area contributed by atoms with E-state index in [0.717, 1.165) is 42.8 Å². The molecular weight excluding hydrogens is 300 g/mol. The van der Waals surface area contributed by atoms with Crippen LogP contribution in [0.15, 0.2) is 12.5 Å². The second-order valence-electron chi connectivity index (χ2n) is 6.61. The lowest BCUT2D eigenvalue weighted by atomic mass is 10.1. The van der Waals surface area contributed by atoms with E-state index in [1.54, 1.807) is 12.5 Å². The van der Waals surface area contributed by atoms with Gasteiger partial charge in [-0.1, -0.05) is 40.5 Å². The fourth-order valence-electron chi connectivity index (χ4n) is 2.34. The standard InChI is InChI=1S/C18H30N6/c1-5-13(3)7-9-19-17-16-15(22-12-23-17)11-21-18(24-16)20-10-8-14(4)6-2/h11-14H,5-10H2,1-4H3,(H,19,22,23)(H,20,21,24). The molecule has 6 nitrogen and oxygen atoms in total. The van der Waals surface area contributed by atoms with Crippen LogP contribution in [0.1, 0.15) is 53.4 Å². The molecule has 0 spiro atoms. The summed E-state index contributed by atoms with van der Waals surface area (Å²) in [7, 11) is 0. The van der Waals surface area contributed by atoms with Crippen molar-refractivity contribution in [1.29, 1.82) is 0 Å². The van der Waals surface area contributed by atoms with Crippen molar-refractivity contribution in [1.82, 2.24) is 19.9 Å². The predicted molar refractivity (Wildman–Crippen MR) is 100 cm³/mol. The molecule has 2 N–H and O–H groups in total. The summed E-state index contributed by atoms with van der Waals surface area (Å²) in [5.41, 5.74) is 1.55. The van der Waals surface area contributed by atoms with Crippen molar-refractivity contribution < 1.29 is 0 Å². The highest BCUT2D eigenvalue weighted by Crippen LogP contribution is 2.18. The van der Waals surface area contributed by atoms with Crippen LogP contribution in [0.25, 0.3) is 11.0 Å². The first-order valence-corrected chi connectivity index (χ1v) is 9.09. The van der Waals surface area contributed by atoms with Crippen molar-refractivity contribution in [2.45, 2.75) is 53.4 Å². The maximum absolute atomic E-state index is 4.61. The first kappa shape index (κ1) is 18.4. The number of anilines is 2. The summed E-state index contributed by atoms with van der Waals surface area (Å²) >= 11 is 0. The molecule has 2 unspecified atom stereocenters. The Hall–Kier alpha value is -1.98. The van der Waals surface area contributed by atoms with Crippen LogP contribution in [0, 0.1) is 11.8 Å². The Morgan fingerprint density at radius 3 is 2.25 bits per heavy atom. The lowest BCUT2D eigenvalue weighted by Crippen LogP contribution is -2.11. The second-order valence-corrected chi connectivity index (χ2v) is 6.61. The molecule has 0 aliphatic carbocycles. The molecule has 0 aliphatic rings. The minimum Gasteiger partial charge on any atom is -0.368 e. The zero-order valence-electron chi connectivity index (χ0n) is 15.3. The average Bonchev–Trinajstić information content (AvgIpc) is 2.61. The molecule has 24 heavy (non-hydrogen) atoms. The summed E-state index contributed by atoms with van der Waals surface area (Å²) in [5.74, 6) is 2.85. The molecule has 2 aromatic heterocycles. The van der Waals surface area contributed by atoms with Gasteiger partial charge in [0.1, 0.15) is 17.4 Å². The van der Waals surface area contributed by atoms with Crippen molar-refractivity contribution in [2.75, 3.05) is 23.7 Å². The van der Waals surface area contributed by atoms with Crippen LogP contribution in [0.5, 0.6) is 0 Å². The van der Waals surface area contributed by atoms with E-state index in [1.165, 1.54) is 12.8 Å². The van der Waals surface area contributed by atoms with Crippen molar-refractivity contribution in [3.8, 4) is 0 Å².